The number of nitrogens with zero attached hydrogens (tertiary/aromatic N) is 1. The summed E-state index contributed by atoms with van der Waals surface area (Å²) in [7, 11) is -3.93. The average Bonchev–Trinajstić information content (AvgIpc) is 2.85. The summed E-state index contributed by atoms with van der Waals surface area (Å²) in [5.41, 5.74) is 5.78. The molecule has 0 aliphatic heterocycles. The first-order valence-corrected chi connectivity index (χ1v) is 13.9. The number of aryl methyl sites for hydroxylation is 3. The fraction of sp³-hybridized carbons (Fsp3) is 0.276. The highest BCUT2D eigenvalue weighted by Crippen LogP contribution is 2.36. The Balaban J connectivity index is 1.46. The highest BCUT2D eigenvalue weighted by Gasteiger charge is 2.13. The Kier molecular flexibility index (Phi) is 8.46. The van der Waals surface area contributed by atoms with Crippen molar-refractivity contribution >= 4 is 18.5 Å². The van der Waals surface area contributed by atoms with E-state index in [0.29, 0.717) is 12.8 Å². The molecule has 0 unspecified atom stereocenters. The number of halogens is 1. The van der Waals surface area contributed by atoms with Crippen LogP contribution in [-0.4, -0.2) is 20.9 Å². The first-order chi connectivity index (χ1) is 16.9. The third kappa shape index (κ3) is 7.08. The molecule has 4 aromatic rings. The van der Waals surface area contributed by atoms with Crippen LogP contribution in [0.3, 0.4) is 0 Å². The average molecular weight is 492 g/mol. The Bertz CT molecular complexity index is 1320. The van der Waals surface area contributed by atoms with E-state index in [2.05, 4.69) is 17.1 Å². The van der Waals surface area contributed by atoms with E-state index in [9.17, 15) is 8.96 Å². The third-order valence-electron chi connectivity index (χ3n) is 6.37. The molecular formula is C29H31FNO3P. The van der Waals surface area contributed by atoms with Gasteiger partial charge in [0.2, 0.25) is 0 Å². The van der Waals surface area contributed by atoms with E-state index >= 15 is 0 Å². The van der Waals surface area contributed by atoms with Gasteiger partial charge in [-0.05, 0) is 78.5 Å². The zero-order valence-electron chi connectivity index (χ0n) is 19.7. The first kappa shape index (κ1) is 25.2. The summed E-state index contributed by atoms with van der Waals surface area (Å²) in [4.78, 5) is 22.6. The molecular weight excluding hydrogens is 460 g/mol. The van der Waals surface area contributed by atoms with E-state index in [-0.39, 0.29) is 12.0 Å². The number of pyridine rings is 1. The van der Waals surface area contributed by atoms with Crippen molar-refractivity contribution in [2.45, 2.75) is 44.9 Å². The van der Waals surface area contributed by atoms with E-state index in [1.165, 1.54) is 5.56 Å². The first-order valence-electron chi connectivity index (χ1n) is 12.1. The SMILES string of the molecule is O=P(O)(O)CCCCCc1ccc(-c2ccc(CCCc3ccccc3)c(F)c2)c2cccnc12. The van der Waals surface area contributed by atoms with Crippen LogP contribution in [0, 0.1) is 5.82 Å². The summed E-state index contributed by atoms with van der Waals surface area (Å²) < 4.78 is 26.0. The highest BCUT2D eigenvalue weighted by molar-refractivity contribution is 7.51. The van der Waals surface area contributed by atoms with Gasteiger partial charge in [-0.15, -0.1) is 0 Å². The Morgan fingerprint density at radius 1 is 0.771 bits per heavy atom. The van der Waals surface area contributed by atoms with Crippen LogP contribution in [0.1, 0.15) is 42.4 Å². The van der Waals surface area contributed by atoms with E-state index in [4.69, 9.17) is 9.79 Å². The second kappa shape index (κ2) is 11.7. The van der Waals surface area contributed by atoms with Crippen LogP contribution in [-0.2, 0) is 23.8 Å². The molecule has 4 rings (SSSR count). The minimum Gasteiger partial charge on any atom is -0.324 e. The lowest BCUT2D eigenvalue weighted by Gasteiger charge is -2.12. The lowest BCUT2D eigenvalue weighted by Crippen LogP contribution is -1.96. The molecule has 2 N–H and O–H groups in total. The standard InChI is InChI=1S/C29H31FNO3P/c30-28-21-25(16-15-23(28)13-7-11-22-9-3-1-4-10-22)26-18-17-24(29-27(26)14-8-19-31-29)12-5-2-6-20-35(32,33)34/h1,3-4,8-10,14-19,21H,2,5-7,11-13,20H2,(H2,32,33,34). The molecule has 0 spiro atoms. The number of unbranched alkanes of at least 4 members (excludes halogenated alkanes) is 2. The second-order valence-electron chi connectivity index (χ2n) is 9.02. The second-order valence-corrected chi connectivity index (χ2v) is 10.8. The van der Waals surface area contributed by atoms with Gasteiger partial charge in [-0.2, -0.15) is 0 Å². The fourth-order valence-electron chi connectivity index (χ4n) is 4.54. The lowest BCUT2D eigenvalue weighted by molar-refractivity contribution is 0.371. The van der Waals surface area contributed by atoms with Crippen molar-refractivity contribution in [3.8, 4) is 11.1 Å². The van der Waals surface area contributed by atoms with Crippen LogP contribution < -0.4 is 0 Å². The maximum absolute atomic E-state index is 15.0. The predicted octanol–water partition coefficient (Wildman–Crippen LogP) is 7.11. The number of hydrogen-bond acceptors (Lipinski definition) is 2. The van der Waals surface area contributed by atoms with E-state index in [1.54, 1.807) is 12.3 Å². The summed E-state index contributed by atoms with van der Waals surface area (Å²) in [6.07, 6.45) is 7.09. The summed E-state index contributed by atoms with van der Waals surface area (Å²) >= 11 is 0. The lowest BCUT2D eigenvalue weighted by atomic mass is 9.94. The van der Waals surface area contributed by atoms with Gasteiger partial charge in [0, 0.05) is 17.7 Å². The van der Waals surface area contributed by atoms with Crippen LogP contribution in [0.5, 0.6) is 0 Å². The van der Waals surface area contributed by atoms with Gasteiger partial charge < -0.3 is 9.79 Å². The van der Waals surface area contributed by atoms with Crippen molar-refractivity contribution in [2.24, 2.45) is 0 Å². The molecule has 0 aliphatic rings. The molecule has 0 amide bonds. The third-order valence-corrected chi connectivity index (χ3v) is 7.27. The largest absolute Gasteiger partial charge is 0.325 e. The maximum Gasteiger partial charge on any atom is 0.325 e. The fourth-order valence-corrected chi connectivity index (χ4v) is 5.18. The molecule has 6 heteroatoms. The van der Waals surface area contributed by atoms with E-state index in [0.717, 1.165) is 65.3 Å². The summed E-state index contributed by atoms with van der Waals surface area (Å²) in [6.45, 7) is 0. The zero-order valence-corrected chi connectivity index (χ0v) is 20.6. The molecule has 35 heavy (non-hydrogen) atoms. The molecule has 3 aromatic carbocycles. The van der Waals surface area contributed by atoms with Gasteiger partial charge in [-0.3, -0.25) is 9.55 Å². The Labute approximate surface area is 206 Å². The molecule has 0 atom stereocenters. The number of fused-ring (bicyclic) bond motifs is 1. The van der Waals surface area contributed by atoms with Gasteiger partial charge in [0.1, 0.15) is 5.82 Å². The monoisotopic (exact) mass is 491 g/mol. The van der Waals surface area contributed by atoms with Gasteiger partial charge >= 0.3 is 7.60 Å². The number of rotatable bonds is 11. The van der Waals surface area contributed by atoms with E-state index in [1.807, 2.05) is 54.6 Å². The van der Waals surface area contributed by atoms with Gasteiger partial charge in [0.25, 0.3) is 0 Å². The zero-order chi connectivity index (χ0) is 24.7. The molecule has 0 radical (unpaired) electrons. The normalized spacial score (nSPS) is 11.7. The smallest absolute Gasteiger partial charge is 0.324 e. The van der Waals surface area contributed by atoms with Crippen LogP contribution in [0.2, 0.25) is 0 Å². The molecule has 0 bridgehead atoms. The Hall–Kier alpha value is -2.85. The predicted molar refractivity (Wildman–Crippen MR) is 140 cm³/mol. The number of aromatic nitrogens is 1. The van der Waals surface area contributed by atoms with Crippen molar-refractivity contribution in [1.82, 2.24) is 4.98 Å². The van der Waals surface area contributed by atoms with Crippen LogP contribution in [0.15, 0.2) is 79.0 Å². The van der Waals surface area contributed by atoms with Crippen molar-refractivity contribution in [1.29, 1.82) is 0 Å². The van der Waals surface area contributed by atoms with Crippen molar-refractivity contribution in [3.63, 3.8) is 0 Å². The number of hydrogen-bond donors (Lipinski definition) is 2. The van der Waals surface area contributed by atoms with Gasteiger partial charge in [0.15, 0.2) is 0 Å². The minimum absolute atomic E-state index is 0.0707. The Morgan fingerprint density at radius 2 is 1.54 bits per heavy atom. The van der Waals surface area contributed by atoms with E-state index < -0.39 is 7.60 Å². The van der Waals surface area contributed by atoms with Crippen LogP contribution >= 0.6 is 7.60 Å². The molecule has 0 saturated carbocycles. The molecule has 1 heterocycles. The highest BCUT2D eigenvalue weighted by atomic mass is 31.2. The summed E-state index contributed by atoms with van der Waals surface area (Å²) in [5, 5.41) is 0.983. The maximum atomic E-state index is 15.0. The van der Waals surface area contributed by atoms with Crippen LogP contribution in [0.25, 0.3) is 22.0 Å². The van der Waals surface area contributed by atoms with Gasteiger partial charge in [-0.25, -0.2) is 4.39 Å². The van der Waals surface area contributed by atoms with Crippen molar-refractivity contribution in [3.05, 3.63) is 102 Å². The van der Waals surface area contributed by atoms with Crippen molar-refractivity contribution in [2.75, 3.05) is 6.16 Å². The Morgan fingerprint density at radius 3 is 2.31 bits per heavy atom. The van der Waals surface area contributed by atoms with Crippen molar-refractivity contribution < 1.29 is 18.7 Å². The molecule has 1 aromatic heterocycles. The summed E-state index contributed by atoms with van der Waals surface area (Å²) in [6, 6.07) is 23.8. The molecule has 0 saturated heterocycles. The molecule has 182 valence electrons. The molecule has 0 aliphatic carbocycles. The van der Waals surface area contributed by atoms with Gasteiger partial charge in [-0.1, -0.05) is 67.1 Å². The molecule has 0 fully saturated rings. The van der Waals surface area contributed by atoms with Gasteiger partial charge in [0.05, 0.1) is 5.52 Å². The molecule has 4 nitrogen and oxygen atoms in total. The minimum atomic E-state index is -3.93. The topological polar surface area (TPSA) is 70.4 Å². The quantitative estimate of drug-likeness (QED) is 0.173. The summed E-state index contributed by atoms with van der Waals surface area (Å²) in [5.74, 6) is -0.179. The number of benzene rings is 3. The van der Waals surface area contributed by atoms with Crippen LogP contribution in [0.4, 0.5) is 4.39 Å².